The Kier molecular flexibility index (Phi) is 7.45. The largest absolute Gasteiger partial charge is 0.504 e. The lowest BCUT2D eigenvalue weighted by Crippen LogP contribution is -2.17. The van der Waals surface area contributed by atoms with Gasteiger partial charge in [0.1, 0.15) is 0 Å². The molecule has 10 nitrogen and oxygen atoms in total. The van der Waals surface area contributed by atoms with Crippen molar-refractivity contribution in [2.45, 2.75) is 5.16 Å². The number of hydrogen-bond donors (Lipinski definition) is 4. The average molecular weight is 482 g/mol. The molecule has 0 fully saturated rings. The van der Waals surface area contributed by atoms with Crippen molar-refractivity contribution in [3.05, 3.63) is 52.0 Å². The van der Waals surface area contributed by atoms with Gasteiger partial charge in [-0.1, -0.05) is 35.0 Å². The molecule has 0 radical (unpaired) electrons. The molecule has 5 N–H and O–H groups in total. The number of nitrogens with two attached hydrogens (primary N) is 1. The van der Waals surface area contributed by atoms with Gasteiger partial charge in [0.05, 0.1) is 29.8 Å². The molecule has 31 heavy (non-hydrogen) atoms. The molecule has 0 bridgehead atoms. The Bertz CT molecular complexity index is 1120. The van der Waals surface area contributed by atoms with E-state index in [2.05, 4.69) is 26.0 Å². The second-order valence-corrected chi connectivity index (χ2v) is 7.72. The van der Waals surface area contributed by atoms with Crippen LogP contribution >= 0.6 is 35.0 Å². The van der Waals surface area contributed by atoms with Gasteiger partial charge in [-0.25, -0.2) is 10.1 Å². The van der Waals surface area contributed by atoms with E-state index in [4.69, 9.17) is 33.8 Å². The van der Waals surface area contributed by atoms with Gasteiger partial charge >= 0.3 is 0 Å². The summed E-state index contributed by atoms with van der Waals surface area (Å²) in [6.07, 6.45) is 1.46. The fourth-order valence-corrected chi connectivity index (χ4v) is 3.31. The summed E-state index contributed by atoms with van der Waals surface area (Å²) in [6.45, 7) is 0. The summed E-state index contributed by atoms with van der Waals surface area (Å²) >= 11 is 13.0. The quantitative estimate of drug-likeness (QED) is 0.166. The summed E-state index contributed by atoms with van der Waals surface area (Å²) in [4.78, 5) is 12.2. The summed E-state index contributed by atoms with van der Waals surface area (Å²) in [6, 6.07) is 9.58. The highest BCUT2D eigenvalue weighted by Gasteiger charge is 2.13. The van der Waals surface area contributed by atoms with Crippen molar-refractivity contribution in [2.24, 2.45) is 5.10 Å². The number of benzene rings is 2. The number of rotatable bonds is 8. The van der Waals surface area contributed by atoms with Crippen LogP contribution in [0.2, 0.25) is 10.0 Å². The highest BCUT2D eigenvalue weighted by molar-refractivity contribution is 7.99. The van der Waals surface area contributed by atoms with Gasteiger partial charge in [-0.05, 0) is 42.0 Å². The normalized spacial score (nSPS) is 10.9. The number of phenolic OH excluding ortho intramolecular Hbond substituents is 1. The summed E-state index contributed by atoms with van der Waals surface area (Å²) in [5, 5.41) is 25.4. The van der Waals surface area contributed by atoms with E-state index in [1.807, 2.05) is 0 Å². The number of nitrogens with zero attached hydrogens (tertiary/aromatic N) is 4. The van der Waals surface area contributed by atoms with E-state index in [9.17, 15) is 9.90 Å². The molecule has 13 heteroatoms. The maximum atomic E-state index is 12.2. The minimum atomic E-state index is -0.316. The third-order valence-corrected chi connectivity index (χ3v) is 5.29. The first-order valence-corrected chi connectivity index (χ1v) is 10.4. The molecule has 1 heterocycles. The van der Waals surface area contributed by atoms with Crippen molar-refractivity contribution in [3.8, 4) is 11.5 Å². The van der Waals surface area contributed by atoms with Crippen LogP contribution in [0.25, 0.3) is 0 Å². The number of phenols is 1. The monoisotopic (exact) mass is 481 g/mol. The number of anilines is 2. The van der Waals surface area contributed by atoms with Gasteiger partial charge in [0.25, 0.3) is 5.95 Å². The zero-order valence-corrected chi connectivity index (χ0v) is 18.4. The van der Waals surface area contributed by atoms with Gasteiger partial charge in [0.15, 0.2) is 11.5 Å². The molecular formula is C18H17Cl2N7O3S. The number of ether oxygens (including phenoxy) is 1. The molecule has 0 saturated carbocycles. The van der Waals surface area contributed by atoms with Crippen LogP contribution in [0.5, 0.6) is 11.5 Å². The van der Waals surface area contributed by atoms with Gasteiger partial charge in [-0.15, -0.1) is 10.2 Å². The lowest BCUT2D eigenvalue weighted by atomic mass is 10.2. The van der Waals surface area contributed by atoms with E-state index in [-0.39, 0.29) is 23.4 Å². The summed E-state index contributed by atoms with van der Waals surface area (Å²) in [5.74, 6) is 6.15. The molecule has 3 rings (SSSR count). The molecule has 1 amide bonds. The molecule has 2 aromatic carbocycles. The number of methoxy groups -OCH3 is 1. The summed E-state index contributed by atoms with van der Waals surface area (Å²) < 4.78 is 6.14. The molecule has 0 unspecified atom stereocenters. The first-order valence-electron chi connectivity index (χ1n) is 8.61. The van der Waals surface area contributed by atoms with Crippen LogP contribution in [-0.2, 0) is 4.79 Å². The third-order valence-electron chi connectivity index (χ3n) is 3.78. The first-order chi connectivity index (χ1) is 14.9. The van der Waals surface area contributed by atoms with Crippen molar-refractivity contribution in [1.29, 1.82) is 0 Å². The molecule has 0 aliphatic carbocycles. The van der Waals surface area contributed by atoms with Crippen molar-refractivity contribution in [2.75, 3.05) is 29.4 Å². The number of nitrogen functional groups attached to an aromatic ring is 1. The van der Waals surface area contributed by atoms with E-state index < -0.39 is 0 Å². The van der Waals surface area contributed by atoms with Crippen molar-refractivity contribution in [1.82, 2.24) is 14.9 Å². The maximum absolute atomic E-state index is 12.2. The number of thioether (sulfide) groups is 1. The summed E-state index contributed by atoms with van der Waals surface area (Å²) in [5.41, 5.74) is 3.68. The van der Waals surface area contributed by atoms with Crippen LogP contribution in [0, 0.1) is 0 Å². The Hall–Kier alpha value is -3.15. The van der Waals surface area contributed by atoms with Crippen LogP contribution in [0.15, 0.2) is 46.7 Å². The number of halogens is 2. The highest BCUT2D eigenvalue weighted by atomic mass is 35.5. The van der Waals surface area contributed by atoms with Gasteiger partial charge in [-0.2, -0.15) is 5.10 Å². The molecule has 0 saturated heterocycles. The smallest absolute Gasteiger partial charge is 0.264 e. The number of carbonyl (C=O) groups is 1. The Morgan fingerprint density at radius 3 is 2.87 bits per heavy atom. The number of nitrogens with one attached hydrogen (secondary N) is 2. The number of hydrazone groups is 1. The zero-order chi connectivity index (χ0) is 22.4. The van der Waals surface area contributed by atoms with E-state index in [0.29, 0.717) is 32.2 Å². The predicted molar refractivity (Wildman–Crippen MR) is 122 cm³/mol. The van der Waals surface area contributed by atoms with E-state index in [1.165, 1.54) is 19.4 Å². The fourth-order valence-electron chi connectivity index (χ4n) is 2.31. The average Bonchev–Trinajstić information content (AvgIpc) is 3.09. The molecule has 0 aliphatic rings. The number of aromatic hydroxyl groups is 1. The van der Waals surface area contributed by atoms with Gasteiger partial charge in [-0.3, -0.25) is 4.79 Å². The zero-order valence-electron chi connectivity index (χ0n) is 16.0. The molecule has 162 valence electrons. The minimum absolute atomic E-state index is 0.00975. The lowest BCUT2D eigenvalue weighted by molar-refractivity contribution is -0.113. The Balaban J connectivity index is 1.55. The molecule has 3 aromatic rings. The van der Waals surface area contributed by atoms with Gasteiger partial charge < -0.3 is 21.0 Å². The first kappa shape index (κ1) is 22.5. The SMILES string of the molecule is COc1ccc(/C=N/Nc2nnc(SCC(=O)Nc3cc(Cl)ccc3Cl)n2N)cc1O. The standard InChI is InChI=1S/C18H17Cl2N7O3S/c1-30-15-5-2-10(6-14(15)28)8-22-24-17-25-26-18(27(17)21)31-9-16(29)23-13-7-11(19)3-4-12(13)20/h2-8,28H,9,21H2,1H3,(H,23,29)(H,24,25)/b22-8+. The lowest BCUT2D eigenvalue weighted by Gasteiger charge is -2.07. The summed E-state index contributed by atoms with van der Waals surface area (Å²) in [7, 11) is 1.46. The van der Waals surface area contributed by atoms with E-state index >= 15 is 0 Å². The predicted octanol–water partition coefficient (Wildman–Crippen LogP) is 3.19. The fraction of sp³-hybridized carbons (Fsp3) is 0.111. The van der Waals surface area contributed by atoms with Crippen molar-refractivity contribution in [3.63, 3.8) is 0 Å². The second-order valence-electron chi connectivity index (χ2n) is 5.94. The molecule has 1 aromatic heterocycles. The van der Waals surface area contributed by atoms with Crippen LogP contribution in [-0.4, -0.2) is 45.0 Å². The van der Waals surface area contributed by atoms with E-state index in [1.54, 1.807) is 30.3 Å². The third kappa shape index (κ3) is 5.94. The maximum Gasteiger partial charge on any atom is 0.264 e. The minimum Gasteiger partial charge on any atom is -0.504 e. The Morgan fingerprint density at radius 2 is 2.13 bits per heavy atom. The van der Waals surface area contributed by atoms with Gasteiger partial charge in [0, 0.05) is 5.02 Å². The second kappa shape index (κ2) is 10.2. The Labute approximate surface area is 191 Å². The number of amides is 1. The van der Waals surface area contributed by atoms with Crippen LogP contribution in [0.1, 0.15) is 5.56 Å². The molecular weight excluding hydrogens is 465 g/mol. The molecule has 0 aliphatic heterocycles. The van der Waals surface area contributed by atoms with Gasteiger partial charge in [0.2, 0.25) is 11.1 Å². The van der Waals surface area contributed by atoms with Crippen molar-refractivity contribution < 1.29 is 14.6 Å². The van der Waals surface area contributed by atoms with Crippen LogP contribution in [0.3, 0.4) is 0 Å². The van der Waals surface area contributed by atoms with E-state index in [0.717, 1.165) is 16.4 Å². The van der Waals surface area contributed by atoms with Crippen LogP contribution < -0.4 is 21.3 Å². The van der Waals surface area contributed by atoms with Crippen molar-refractivity contribution >= 4 is 58.7 Å². The Morgan fingerprint density at radius 1 is 1.32 bits per heavy atom. The number of hydrogen-bond acceptors (Lipinski definition) is 9. The van der Waals surface area contributed by atoms with Crippen LogP contribution in [0.4, 0.5) is 11.6 Å². The number of carbonyl (C=O) groups excluding carboxylic acids is 1. The molecule has 0 spiro atoms. The topological polar surface area (TPSA) is 140 Å². The molecule has 0 atom stereocenters. The number of aromatic nitrogens is 3. The highest BCUT2D eigenvalue weighted by Crippen LogP contribution is 2.27.